The van der Waals surface area contributed by atoms with Crippen molar-refractivity contribution < 1.29 is 14.6 Å². The van der Waals surface area contributed by atoms with Crippen molar-refractivity contribution in [3.8, 4) is 11.5 Å². The maximum Gasteiger partial charge on any atom is 0.231 e. The van der Waals surface area contributed by atoms with Gasteiger partial charge in [0.1, 0.15) is 0 Å². The van der Waals surface area contributed by atoms with Crippen LogP contribution in [-0.2, 0) is 0 Å². The minimum atomic E-state index is -0.239. The fourth-order valence-electron chi connectivity index (χ4n) is 2.08. The molecule has 2 rings (SSSR count). The van der Waals surface area contributed by atoms with Crippen LogP contribution >= 0.6 is 0 Å². The van der Waals surface area contributed by atoms with Crippen LogP contribution in [0, 0.1) is 5.92 Å². The second-order valence-corrected chi connectivity index (χ2v) is 5.39. The van der Waals surface area contributed by atoms with Gasteiger partial charge in [0.2, 0.25) is 6.79 Å². The quantitative estimate of drug-likeness (QED) is 0.829. The Morgan fingerprint density at radius 2 is 1.95 bits per heavy atom. The highest BCUT2D eigenvalue weighted by Crippen LogP contribution is 2.34. The van der Waals surface area contributed by atoms with Crippen LogP contribution < -0.4 is 14.8 Å². The van der Waals surface area contributed by atoms with E-state index in [1.54, 1.807) is 0 Å². The zero-order chi connectivity index (χ0) is 13.8. The number of aliphatic hydroxyl groups excluding tert-OH is 1. The second kappa shape index (κ2) is 6.26. The van der Waals surface area contributed by atoms with Gasteiger partial charge in [-0.1, -0.05) is 19.9 Å². The Morgan fingerprint density at radius 3 is 2.68 bits per heavy atom. The van der Waals surface area contributed by atoms with Gasteiger partial charge in [-0.15, -0.1) is 0 Å². The Morgan fingerprint density at radius 1 is 1.21 bits per heavy atom. The van der Waals surface area contributed by atoms with E-state index in [1.165, 1.54) is 5.56 Å². The zero-order valence-corrected chi connectivity index (χ0v) is 11.8. The molecule has 1 heterocycles. The summed E-state index contributed by atoms with van der Waals surface area (Å²) >= 11 is 0. The molecule has 0 bridgehead atoms. The third-order valence-corrected chi connectivity index (χ3v) is 3.56. The standard InChI is InChI=1S/C15H23NO3/c1-10(2)13(17)6-7-16-11(3)12-4-5-14-15(8-12)19-9-18-14/h4-5,8,10-11,13,16-17H,6-7,9H2,1-3H3. The molecule has 0 saturated heterocycles. The predicted octanol–water partition coefficient (Wildman–Crippen LogP) is 2.47. The molecule has 2 N–H and O–H groups in total. The number of rotatable bonds is 6. The molecule has 1 aromatic carbocycles. The van der Waals surface area contributed by atoms with Crippen LogP contribution in [0.25, 0.3) is 0 Å². The Labute approximate surface area is 114 Å². The lowest BCUT2D eigenvalue weighted by Crippen LogP contribution is -2.25. The first-order valence-electron chi connectivity index (χ1n) is 6.89. The topological polar surface area (TPSA) is 50.7 Å². The molecule has 0 amide bonds. The molecule has 1 aliphatic heterocycles. The lowest BCUT2D eigenvalue weighted by Gasteiger charge is -2.18. The largest absolute Gasteiger partial charge is 0.454 e. The van der Waals surface area contributed by atoms with Gasteiger partial charge in [-0.3, -0.25) is 0 Å². The van der Waals surface area contributed by atoms with E-state index in [9.17, 15) is 5.11 Å². The molecular formula is C15H23NO3. The van der Waals surface area contributed by atoms with Gasteiger partial charge in [0.15, 0.2) is 11.5 Å². The van der Waals surface area contributed by atoms with Crippen molar-refractivity contribution in [2.45, 2.75) is 39.3 Å². The number of hydrogen-bond donors (Lipinski definition) is 2. The van der Waals surface area contributed by atoms with Gasteiger partial charge < -0.3 is 19.9 Å². The first-order valence-corrected chi connectivity index (χ1v) is 6.89. The number of hydrogen-bond acceptors (Lipinski definition) is 4. The van der Waals surface area contributed by atoms with Crippen LogP contribution in [0.2, 0.25) is 0 Å². The minimum Gasteiger partial charge on any atom is -0.454 e. The number of aliphatic hydroxyl groups is 1. The van der Waals surface area contributed by atoms with E-state index in [0.29, 0.717) is 12.7 Å². The van der Waals surface area contributed by atoms with Gasteiger partial charge in [0.25, 0.3) is 0 Å². The highest BCUT2D eigenvalue weighted by molar-refractivity contribution is 5.45. The highest BCUT2D eigenvalue weighted by atomic mass is 16.7. The highest BCUT2D eigenvalue weighted by Gasteiger charge is 2.16. The first kappa shape index (κ1) is 14.2. The van der Waals surface area contributed by atoms with Crippen molar-refractivity contribution in [3.63, 3.8) is 0 Å². The molecule has 0 spiro atoms. The van der Waals surface area contributed by atoms with Gasteiger partial charge in [0.05, 0.1) is 6.10 Å². The zero-order valence-electron chi connectivity index (χ0n) is 11.8. The van der Waals surface area contributed by atoms with Crippen molar-refractivity contribution >= 4 is 0 Å². The van der Waals surface area contributed by atoms with Crippen LogP contribution in [-0.4, -0.2) is 24.5 Å². The molecule has 0 aliphatic carbocycles. The Bertz CT molecular complexity index is 420. The van der Waals surface area contributed by atoms with Gasteiger partial charge in [-0.2, -0.15) is 0 Å². The van der Waals surface area contributed by atoms with Crippen LogP contribution in [0.5, 0.6) is 11.5 Å². The predicted molar refractivity (Wildman–Crippen MR) is 74.4 cm³/mol. The third-order valence-electron chi connectivity index (χ3n) is 3.56. The van der Waals surface area contributed by atoms with E-state index in [2.05, 4.69) is 12.2 Å². The molecule has 1 aliphatic rings. The van der Waals surface area contributed by atoms with Gasteiger partial charge >= 0.3 is 0 Å². The van der Waals surface area contributed by atoms with E-state index < -0.39 is 0 Å². The van der Waals surface area contributed by atoms with Crippen LogP contribution in [0.4, 0.5) is 0 Å². The fourth-order valence-corrected chi connectivity index (χ4v) is 2.08. The van der Waals surface area contributed by atoms with E-state index in [4.69, 9.17) is 9.47 Å². The Hall–Kier alpha value is -1.26. The first-order chi connectivity index (χ1) is 9.08. The molecule has 0 saturated carbocycles. The summed E-state index contributed by atoms with van der Waals surface area (Å²) in [6.45, 7) is 7.29. The SMILES string of the molecule is CC(NCCC(O)C(C)C)c1ccc2c(c1)OCO2. The van der Waals surface area contributed by atoms with Gasteiger partial charge in [-0.25, -0.2) is 0 Å². The molecule has 2 unspecified atom stereocenters. The minimum absolute atomic E-state index is 0.230. The van der Waals surface area contributed by atoms with E-state index >= 15 is 0 Å². The molecule has 1 aromatic rings. The number of fused-ring (bicyclic) bond motifs is 1. The molecule has 4 heteroatoms. The van der Waals surface area contributed by atoms with Crippen molar-refractivity contribution in [2.75, 3.05) is 13.3 Å². The molecule has 0 fully saturated rings. The van der Waals surface area contributed by atoms with E-state index in [-0.39, 0.29) is 12.1 Å². The van der Waals surface area contributed by atoms with Crippen molar-refractivity contribution in [3.05, 3.63) is 23.8 Å². The molecule has 0 radical (unpaired) electrons. The summed E-state index contributed by atoms with van der Waals surface area (Å²) in [6, 6.07) is 6.23. The van der Waals surface area contributed by atoms with Crippen molar-refractivity contribution in [2.24, 2.45) is 5.92 Å². The summed E-state index contributed by atoms with van der Waals surface area (Å²) < 4.78 is 10.7. The molecule has 4 nitrogen and oxygen atoms in total. The number of benzene rings is 1. The van der Waals surface area contributed by atoms with Crippen molar-refractivity contribution in [1.29, 1.82) is 0 Å². The summed E-state index contributed by atoms with van der Waals surface area (Å²) in [5.74, 6) is 1.93. The lowest BCUT2D eigenvalue weighted by atomic mass is 10.0. The average molecular weight is 265 g/mol. The third kappa shape index (κ3) is 3.61. The summed E-state index contributed by atoms with van der Waals surface area (Å²) in [6.07, 6.45) is 0.531. The summed E-state index contributed by atoms with van der Waals surface area (Å²) in [4.78, 5) is 0. The smallest absolute Gasteiger partial charge is 0.231 e. The summed E-state index contributed by atoms with van der Waals surface area (Å²) in [7, 11) is 0. The molecule has 2 atom stereocenters. The lowest BCUT2D eigenvalue weighted by molar-refractivity contribution is 0.115. The van der Waals surface area contributed by atoms with Crippen LogP contribution in [0.1, 0.15) is 38.8 Å². The van der Waals surface area contributed by atoms with Gasteiger partial charge in [0, 0.05) is 6.04 Å². The Balaban J connectivity index is 1.84. The molecule has 19 heavy (non-hydrogen) atoms. The molecule has 0 aromatic heterocycles. The summed E-state index contributed by atoms with van der Waals surface area (Å²) in [5.41, 5.74) is 1.17. The fraction of sp³-hybridized carbons (Fsp3) is 0.600. The van der Waals surface area contributed by atoms with Crippen molar-refractivity contribution in [1.82, 2.24) is 5.32 Å². The van der Waals surface area contributed by atoms with Crippen LogP contribution in [0.15, 0.2) is 18.2 Å². The van der Waals surface area contributed by atoms with E-state index in [1.807, 2.05) is 32.0 Å². The maximum atomic E-state index is 9.76. The monoisotopic (exact) mass is 265 g/mol. The maximum absolute atomic E-state index is 9.76. The van der Waals surface area contributed by atoms with Gasteiger partial charge in [-0.05, 0) is 43.5 Å². The normalized spacial score (nSPS) is 16.7. The number of nitrogens with one attached hydrogen (secondary N) is 1. The summed E-state index contributed by atoms with van der Waals surface area (Å²) in [5, 5.41) is 13.2. The van der Waals surface area contributed by atoms with Crippen LogP contribution in [0.3, 0.4) is 0 Å². The number of ether oxygens (including phenoxy) is 2. The van der Waals surface area contributed by atoms with E-state index in [0.717, 1.165) is 24.5 Å². The molecular weight excluding hydrogens is 242 g/mol. The Kier molecular flexibility index (Phi) is 4.66. The molecule has 106 valence electrons. The second-order valence-electron chi connectivity index (χ2n) is 5.39. The average Bonchev–Trinajstić information content (AvgIpc) is 2.85.